The van der Waals surface area contributed by atoms with Gasteiger partial charge in [0.15, 0.2) is 0 Å². The second-order valence-corrected chi connectivity index (χ2v) is 5.18. The van der Waals surface area contributed by atoms with E-state index >= 15 is 0 Å². The summed E-state index contributed by atoms with van der Waals surface area (Å²) in [7, 11) is -3.28. The lowest BCUT2D eigenvalue weighted by Crippen LogP contribution is -2.31. The number of hydrogen-bond acceptors (Lipinski definition) is 4. The lowest BCUT2D eigenvalue weighted by atomic mass is 10.3. The van der Waals surface area contributed by atoms with E-state index in [1.165, 1.54) is 12.1 Å². The van der Waals surface area contributed by atoms with Crippen LogP contribution in [0.15, 0.2) is 23.1 Å². The van der Waals surface area contributed by atoms with Gasteiger partial charge in [-0.15, -0.1) is 0 Å². The van der Waals surface area contributed by atoms with Crippen molar-refractivity contribution in [2.24, 2.45) is 0 Å². The number of carbonyl (C=O) groups excluding carboxylic acids is 1. The Bertz CT molecular complexity index is 528. The first-order chi connectivity index (χ1) is 7.86. The van der Waals surface area contributed by atoms with E-state index in [1.807, 2.05) is 4.72 Å². The van der Waals surface area contributed by atoms with Crippen molar-refractivity contribution in [3.63, 3.8) is 0 Å². The van der Waals surface area contributed by atoms with Crippen molar-refractivity contribution in [3.8, 4) is 0 Å². The highest BCUT2D eigenvalue weighted by Crippen LogP contribution is 2.16. The standard InChI is InChI=1S/C10H13FN2O3S/c1-3-16-10(14)13-17(2,15)9-5-4-7(12)6-8(9)11/h4-6H,2-3,12H2,1H3,(H,13,14,15). The summed E-state index contributed by atoms with van der Waals surface area (Å²) in [5, 5.41) is 0. The Labute approximate surface area is 98.9 Å². The third kappa shape index (κ3) is 3.35. The zero-order valence-corrected chi connectivity index (χ0v) is 10.1. The lowest BCUT2D eigenvalue weighted by molar-refractivity contribution is 0.159. The fraction of sp³-hybridized carbons (Fsp3) is 0.200. The third-order valence-electron chi connectivity index (χ3n) is 1.83. The highest BCUT2D eigenvalue weighted by molar-refractivity contribution is 7.99. The summed E-state index contributed by atoms with van der Waals surface area (Å²) in [5.74, 6) is 2.50. The molecule has 0 bridgehead atoms. The fourth-order valence-corrected chi connectivity index (χ4v) is 2.23. The van der Waals surface area contributed by atoms with Crippen LogP contribution in [0.4, 0.5) is 14.9 Å². The van der Waals surface area contributed by atoms with Gasteiger partial charge in [0.2, 0.25) is 0 Å². The highest BCUT2D eigenvalue weighted by Gasteiger charge is 2.16. The van der Waals surface area contributed by atoms with Crippen LogP contribution in [0.2, 0.25) is 0 Å². The lowest BCUT2D eigenvalue weighted by Gasteiger charge is -2.12. The quantitative estimate of drug-likeness (QED) is 0.631. The van der Waals surface area contributed by atoms with Gasteiger partial charge in [-0.05, 0) is 31.0 Å². The number of nitrogen functional groups attached to an aromatic ring is 1. The van der Waals surface area contributed by atoms with E-state index in [4.69, 9.17) is 5.73 Å². The van der Waals surface area contributed by atoms with E-state index < -0.39 is 21.6 Å². The number of benzene rings is 1. The average molecular weight is 260 g/mol. The summed E-state index contributed by atoms with van der Waals surface area (Å²) in [4.78, 5) is 10.9. The van der Waals surface area contributed by atoms with Gasteiger partial charge >= 0.3 is 6.09 Å². The summed E-state index contributed by atoms with van der Waals surface area (Å²) in [6.45, 7) is 1.71. The second-order valence-electron chi connectivity index (χ2n) is 3.19. The summed E-state index contributed by atoms with van der Waals surface area (Å²) in [6, 6.07) is 3.59. The maximum absolute atomic E-state index is 13.5. The van der Waals surface area contributed by atoms with Crippen LogP contribution in [0.5, 0.6) is 0 Å². The number of rotatable bonds is 3. The van der Waals surface area contributed by atoms with Crippen molar-refractivity contribution in [3.05, 3.63) is 24.0 Å². The van der Waals surface area contributed by atoms with Crippen LogP contribution >= 0.6 is 0 Å². The summed E-state index contributed by atoms with van der Waals surface area (Å²) in [5.41, 5.74) is 5.55. The molecule has 1 amide bonds. The normalized spacial score (nSPS) is 13.8. The molecule has 0 aliphatic heterocycles. The predicted molar refractivity (Wildman–Crippen MR) is 64.5 cm³/mol. The Balaban J connectivity index is 3.01. The number of carbonyl (C=O) groups is 1. The van der Waals surface area contributed by atoms with E-state index in [0.29, 0.717) is 0 Å². The smallest absolute Gasteiger partial charge is 0.418 e. The van der Waals surface area contributed by atoms with Gasteiger partial charge in [0.25, 0.3) is 0 Å². The molecule has 1 aromatic rings. The SMILES string of the molecule is C=S(=O)(NC(=O)OCC)c1ccc(N)cc1F. The molecule has 1 rings (SSSR count). The largest absolute Gasteiger partial charge is 0.449 e. The van der Waals surface area contributed by atoms with Gasteiger partial charge in [-0.1, -0.05) is 0 Å². The molecule has 0 saturated heterocycles. The maximum atomic E-state index is 13.5. The summed E-state index contributed by atoms with van der Waals surface area (Å²) >= 11 is 0. The molecule has 1 unspecified atom stereocenters. The molecular formula is C10H13FN2O3S. The van der Waals surface area contributed by atoms with Crippen LogP contribution in [-0.2, 0) is 14.4 Å². The van der Waals surface area contributed by atoms with Crippen LogP contribution in [0.1, 0.15) is 6.92 Å². The molecule has 1 atom stereocenters. The molecule has 0 radical (unpaired) electrons. The molecule has 94 valence electrons. The Morgan fingerprint density at radius 1 is 1.65 bits per heavy atom. The highest BCUT2D eigenvalue weighted by atomic mass is 32.2. The number of ether oxygens (including phenoxy) is 1. The maximum Gasteiger partial charge on any atom is 0.418 e. The molecule has 0 fully saturated rings. The zero-order valence-electron chi connectivity index (χ0n) is 9.23. The first-order valence-electron chi connectivity index (χ1n) is 4.73. The summed E-state index contributed by atoms with van der Waals surface area (Å²) < 4.78 is 32.0. The van der Waals surface area contributed by atoms with Crippen LogP contribution in [0, 0.1) is 5.82 Å². The van der Waals surface area contributed by atoms with Gasteiger partial charge in [0.05, 0.1) is 21.2 Å². The monoisotopic (exact) mass is 260 g/mol. The number of halogens is 1. The predicted octanol–water partition coefficient (Wildman–Crippen LogP) is 1.14. The van der Waals surface area contributed by atoms with Gasteiger partial charge < -0.3 is 10.5 Å². The molecule has 0 aromatic heterocycles. The Kier molecular flexibility index (Phi) is 3.95. The van der Waals surface area contributed by atoms with Gasteiger partial charge in [0, 0.05) is 5.69 Å². The van der Waals surface area contributed by atoms with Gasteiger partial charge in [-0.3, -0.25) is 0 Å². The third-order valence-corrected chi connectivity index (χ3v) is 3.37. The van der Waals surface area contributed by atoms with Gasteiger partial charge in [-0.2, -0.15) is 0 Å². The van der Waals surface area contributed by atoms with E-state index in [1.54, 1.807) is 6.92 Å². The molecule has 0 spiro atoms. The van der Waals surface area contributed by atoms with Crippen LogP contribution in [0.3, 0.4) is 0 Å². The van der Waals surface area contributed by atoms with Crippen molar-refractivity contribution >= 4 is 27.4 Å². The molecule has 17 heavy (non-hydrogen) atoms. The minimum Gasteiger partial charge on any atom is -0.449 e. The molecule has 0 aliphatic rings. The number of anilines is 1. The van der Waals surface area contributed by atoms with Crippen LogP contribution in [0.25, 0.3) is 0 Å². The molecule has 0 saturated carbocycles. The van der Waals surface area contributed by atoms with E-state index in [-0.39, 0.29) is 17.2 Å². The van der Waals surface area contributed by atoms with Crippen LogP contribution in [-0.4, -0.2) is 22.8 Å². The fourth-order valence-electron chi connectivity index (χ4n) is 1.13. The van der Waals surface area contributed by atoms with Crippen LogP contribution < -0.4 is 10.5 Å². The number of nitrogens with two attached hydrogens (primary N) is 1. The summed E-state index contributed by atoms with van der Waals surface area (Å²) in [6.07, 6.45) is -0.913. The second kappa shape index (κ2) is 5.05. The molecule has 1 aromatic carbocycles. The molecule has 0 aliphatic carbocycles. The Hall–Kier alpha value is -1.76. The average Bonchev–Trinajstić information content (AvgIpc) is 2.15. The minimum absolute atomic E-state index is 0.117. The Morgan fingerprint density at radius 3 is 2.82 bits per heavy atom. The number of amides is 1. The molecule has 7 heteroatoms. The first kappa shape index (κ1) is 13.3. The molecule has 3 N–H and O–H groups in total. The van der Waals surface area contributed by atoms with Crippen molar-refractivity contribution in [1.29, 1.82) is 0 Å². The Morgan fingerprint density at radius 2 is 2.29 bits per heavy atom. The van der Waals surface area contributed by atoms with E-state index in [2.05, 4.69) is 10.6 Å². The zero-order chi connectivity index (χ0) is 13.1. The van der Waals surface area contributed by atoms with Crippen molar-refractivity contribution in [2.45, 2.75) is 11.8 Å². The van der Waals surface area contributed by atoms with Crippen molar-refractivity contribution < 1.29 is 18.1 Å². The number of nitrogens with one attached hydrogen (secondary N) is 1. The molecule has 0 heterocycles. The number of hydrogen-bond donors (Lipinski definition) is 2. The van der Waals surface area contributed by atoms with E-state index in [9.17, 15) is 13.4 Å². The molecule has 5 nitrogen and oxygen atoms in total. The van der Waals surface area contributed by atoms with Crippen molar-refractivity contribution in [1.82, 2.24) is 4.72 Å². The minimum atomic E-state index is -3.28. The topological polar surface area (TPSA) is 81.4 Å². The first-order valence-corrected chi connectivity index (χ1v) is 6.46. The van der Waals surface area contributed by atoms with E-state index in [0.717, 1.165) is 6.07 Å². The van der Waals surface area contributed by atoms with Gasteiger partial charge in [0.1, 0.15) is 5.82 Å². The van der Waals surface area contributed by atoms with Crippen molar-refractivity contribution in [2.75, 3.05) is 12.3 Å². The molecular weight excluding hydrogens is 247 g/mol. The van der Waals surface area contributed by atoms with Gasteiger partial charge in [-0.25, -0.2) is 18.1 Å².